The molecule has 0 aliphatic carbocycles. The van der Waals surface area contributed by atoms with Gasteiger partial charge in [-0.05, 0) is 52.6 Å². The van der Waals surface area contributed by atoms with E-state index < -0.39 is 0 Å². The summed E-state index contributed by atoms with van der Waals surface area (Å²) in [6, 6.07) is 0. The zero-order valence-electron chi connectivity index (χ0n) is 11.6. The fourth-order valence-electron chi connectivity index (χ4n) is 2.45. The van der Waals surface area contributed by atoms with Gasteiger partial charge in [-0.3, -0.25) is 14.9 Å². The van der Waals surface area contributed by atoms with Gasteiger partial charge in [-0.2, -0.15) is 0 Å². The molecule has 1 aromatic heterocycles. The molecule has 1 aromatic rings. The molecule has 1 aliphatic heterocycles. The fourth-order valence-corrected chi connectivity index (χ4v) is 2.45. The molecule has 100 valence electrons. The maximum absolute atomic E-state index is 9.14. The van der Waals surface area contributed by atoms with Gasteiger partial charge in [-0.25, -0.2) is 0 Å². The summed E-state index contributed by atoms with van der Waals surface area (Å²) in [6.07, 6.45) is 2.18. The highest BCUT2D eigenvalue weighted by Gasteiger charge is 2.19. The molecular weight excluding hydrogens is 226 g/mol. The Kier molecular flexibility index (Phi) is 4.30. The lowest BCUT2D eigenvalue weighted by Crippen LogP contribution is -2.34. The van der Waals surface area contributed by atoms with Gasteiger partial charge in [0, 0.05) is 13.2 Å². The summed E-state index contributed by atoms with van der Waals surface area (Å²) in [6.45, 7) is 9.39. The molecule has 1 saturated heterocycles. The van der Waals surface area contributed by atoms with Crippen LogP contribution in [-0.2, 0) is 6.54 Å². The zero-order chi connectivity index (χ0) is 13.1. The quantitative estimate of drug-likeness (QED) is 0.884. The summed E-state index contributed by atoms with van der Waals surface area (Å²) in [4.78, 5) is 11.6. The minimum atomic E-state index is 0.330. The third-order valence-corrected chi connectivity index (χ3v) is 3.92. The van der Waals surface area contributed by atoms with Crippen molar-refractivity contribution < 1.29 is 5.11 Å². The van der Waals surface area contributed by atoms with Crippen molar-refractivity contribution in [1.82, 2.24) is 14.9 Å². The van der Waals surface area contributed by atoms with Crippen molar-refractivity contribution in [3.8, 4) is 0 Å². The first-order chi connectivity index (χ1) is 8.60. The normalized spacial score (nSPS) is 18.2. The lowest BCUT2D eigenvalue weighted by atomic mass is 9.98. The lowest BCUT2D eigenvalue weighted by molar-refractivity contribution is 0.126. The Labute approximate surface area is 109 Å². The third-order valence-electron chi connectivity index (χ3n) is 3.92. The van der Waals surface area contributed by atoms with E-state index in [-0.39, 0.29) is 0 Å². The van der Waals surface area contributed by atoms with Crippen LogP contribution in [-0.4, -0.2) is 39.7 Å². The highest BCUT2D eigenvalue weighted by molar-refractivity contribution is 5.17. The topological polar surface area (TPSA) is 49.2 Å². The van der Waals surface area contributed by atoms with Crippen LogP contribution in [0.5, 0.6) is 0 Å². The molecule has 4 heteroatoms. The summed E-state index contributed by atoms with van der Waals surface area (Å²) in [7, 11) is 0. The third kappa shape index (κ3) is 3.06. The Morgan fingerprint density at radius 2 is 1.67 bits per heavy atom. The van der Waals surface area contributed by atoms with E-state index in [9.17, 15) is 0 Å². The number of rotatable bonds is 3. The highest BCUT2D eigenvalue weighted by Crippen LogP contribution is 2.19. The van der Waals surface area contributed by atoms with E-state index in [1.807, 2.05) is 20.8 Å². The molecule has 0 saturated carbocycles. The monoisotopic (exact) mass is 249 g/mol. The smallest absolute Gasteiger partial charge is 0.0759 e. The van der Waals surface area contributed by atoms with Gasteiger partial charge in [0.1, 0.15) is 0 Å². The number of nitrogens with zero attached hydrogens (tertiary/aromatic N) is 3. The van der Waals surface area contributed by atoms with E-state index in [4.69, 9.17) is 5.11 Å². The average Bonchev–Trinajstić information content (AvgIpc) is 2.37. The summed E-state index contributed by atoms with van der Waals surface area (Å²) < 4.78 is 0. The number of aryl methyl sites for hydroxylation is 3. The maximum Gasteiger partial charge on any atom is 0.0759 e. The van der Waals surface area contributed by atoms with Crippen molar-refractivity contribution in [1.29, 1.82) is 0 Å². The molecular formula is C14H23N3O. The van der Waals surface area contributed by atoms with Crippen molar-refractivity contribution in [3.63, 3.8) is 0 Å². The predicted octanol–water partition coefficient (Wildman–Crippen LogP) is 1.61. The molecule has 0 unspecified atom stereocenters. The zero-order valence-corrected chi connectivity index (χ0v) is 11.6. The van der Waals surface area contributed by atoms with E-state index in [0.29, 0.717) is 12.5 Å². The van der Waals surface area contributed by atoms with Crippen LogP contribution in [0, 0.1) is 26.7 Å². The molecule has 1 aliphatic rings. The molecule has 0 bridgehead atoms. The van der Waals surface area contributed by atoms with Crippen LogP contribution < -0.4 is 0 Å². The average molecular weight is 249 g/mol. The molecule has 4 nitrogen and oxygen atoms in total. The van der Waals surface area contributed by atoms with Crippen molar-refractivity contribution in [2.24, 2.45) is 5.92 Å². The van der Waals surface area contributed by atoms with Crippen molar-refractivity contribution in [3.05, 3.63) is 22.8 Å². The van der Waals surface area contributed by atoms with Crippen LogP contribution in [0.4, 0.5) is 0 Å². The van der Waals surface area contributed by atoms with E-state index in [1.54, 1.807) is 0 Å². The van der Waals surface area contributed by atoms with E-state index in [0.717, 1.165) is 55.3 Å². The Bertz CT molecular complexity index is 412. The molecule has 2 rings (SSSR count). The molecule has 0 spiro atoms. The first kappa shape index (κ1) is 13.4. The lowest BCUT2D eigenvalue weighted by Gasteiger charge is -2.31. The van der Waals surface area contributed by atoms with Crippen LogP contribution in [0.25, 0.3) is 0 Å². The molecule has 0 amide bonds. The van der Waals surface area contributed by atoms with Crippen LogP contribution in [0.2, 0.25) is 0 Å². The van der Waals surface area contributed by atoms with Gasteiger partial charge in [0.15, 0.2) is 0 Å². The number of aliphatic hydroxyl groups is 1. The van der Waals surface area contributed by atoms with Gasteiger partial charge in [-0.15, -0.1) is 0 Å². The molecule has 2 heterocycles. The van der Waals surface area contributed by atoms with Crippen LogP contribution in [0.15, 0.2) is 0 Å². The maximum atomic E-state index is 9.14. The largest absolute Gasteiger partial charge is 0.396 e. The second-order valence-corrected chi connectivity index (χ2v) is 5.33. The van der Waals surface area contributed by atoms with Gasteiger partial charge in [0.25, 0.3) is 0 Å². The van der Waals surface area contributed by atoms with E-state index >= 15 is 0 Å². The van der Waals surface area contributed by atoms with Gasteiger partial charge in [0.2, 0.25) is 0 Å². The Balaban J connectivity index is 2.00. The summed E-state index contributed by atoms with van der Waals surface area (Å²) in [5.74, 6) is 0.494. The molecule has 1 N–H and O–H groups in total. The van der Waals surface area contributed by atoms with E-state index in [1.165, 1.54) is 0 Å². The molecule has 18 heavy (non-hydrogen) atoms. The van der Waals surface area contributed by atoms with Crippen LogP contribution in [0.1, 0.15) is 35.6 Å². The van der Waals surface area contributed by atoms with Crippen LogP contribution >= 0.6 is 0 Å². The number of hydrogen-bond donors (Lipinski definition) is 1. The second kappa shape index (κ2) is 5.76. The molecule has 0 radical (unpaired) electrons. The number of likely N-dealkylation sites (tertiary alicyclic amines) is 1. The standard InChI is InChI=1S/C14H23N3O/c1-10-11(2)16-14(12(3)15-10)8-17-6-4-13(9-18)5-7-17/h13,18H,4-9H2,1-3H3. The summed E-state index contributed by atoms with van der Waals surface area (Å²) >= 11 is 0. The number of hydrogen-bond acceptors (Lipinski definition) is 4. The van der Waals surface area contributed by atoms with Crippen LogP contribution in [0.3, 0.4) is 0 Å². The van der Waals surface area contributed by atoms with Crippen molar-refractivity contribution in [2.45, 2.75) is 40.2 Å². The van der Waals surface area contributed by atoms with Gasteiger partial charge in [-0.1, -0.05) is 0 Å². The number of aliphatic hydroxyl groups excluding tert-OH is 1. The second-order valence-electron chi connectivity index (χ2n) is 5.33. The Hall–Kier alpha value is -1.00. The molecule has 1 fully saturated rings. The fraction of sp³-hybridized carbons (Fsp3) is 0.714. The summed E-state index contributed by atoms with van der Waals surface area (Å²) in [5, 5.41) is 9.14. The number of aromatic nitrogens is 2. The minimum absolute atomic E-state index is 0.330. The van der Waals surface area contributed by atoms with Crippen molar-refractivity contribution in [2.75, 3.05) is 19.7 Å². The highest BCUT2D eigenvalue weighted by atomic mass is 16.3. The van der Waals surface area contributed by atoms with Crippen molar-refractivity contribution >= 4 is 0 Å². The Morgan fingerprint density at radius 3 is 2.28 bits per heavy atom. The minimum Gasteiger partial charge on any atom is -0.396 e. The van der Waals surface area contributed by atoms with E-state index in [2.05, 4.69) is 14.9 Å². The van der Waals surface area contributed by atoms with Gasteiger partial charge < -0.3 is 5.11 Å². The SMILES string of the molecule is Cc1nc(C)c(CN2CCC(CO)CC2)nc1C. The first-order valence-electron chi connectivity index (χ1n) is 6.74. The number of piperidine rings is 1. The van der Waals surface area contributed by atoms with Gasteiger partial charge in [0.05, 0.1) is 22.8 Å². The predicted molar refractivity (Wildman–Crippen MR) is 71.3 cm³/mol. The molecule has 0 atom stereocenters. The van der Waals surface area contributed by atoms with Gasteiger partial charge >= 0.3 is 0 Å². The molecule has 0 aromatic carbocycles. The summed E-state index contributed by atoms with van der Waals surface area (Å²) in [5.41, 5.74) is 4.19. The Morgan fingerprint density at radius 1 is 1.06 bits per heavy atom. The first-order valence-corrected chi connectivity index (χ1v) is 6.74.